The first-order chi connectivity index (χ1) is 9.16. The molecule has 0 saturated carbocycles. The molecular weight excluding hydrogens is 311 g/mol. The van der Waals surface area contributed by atoms with Gasteiger partial charge in [0.05, 0.1) is 17.4 Å². The van der Waals surface area contributed by atoms with E-state index in [1.807, 2.05) is 35.8 Å². The molecule has 0 aliphatic carbocycles. The van der Waals surface area contributed by atoms with Crippen LogP contribution in [0.4, 0.5) is 0 Å². The minimum Gasteiger partial charge on any atom is -0.356 e. The summed E-state index contributed by atoms with van der Waals surface area (Å²) in [5.41, 5.74) is 7.65. The standard InChI is InChI=1S/C14H20N4O.2ClH/c1-11(15)6-8-16-14(19)7-9-18-10-17-12-4-2-3-5-13(12)18;;/h2-5,10-11H,6-9,15H2,1H3,(H,16,19);2*1H. The zero-order valence-corrected chi connectivity index (χ0v) is 13.6. The van der Waals surface area contributed by atoms with Crippen LogP contribution in [-0.4, -0.2) is 28.0 Å². The van der Waals surface area contributed by atoms with Crippen LogP contribution in [0.5, 0.6) is 0 Å². The molecule has 2 aromatic rings. The molecule has 21 heavy (non-hydrogen) atoms. The number of benzene rings is 1. The lowest BCUT2D eigenvalue weighted by atomic mass is 10.2. The summed E-state index contributed by atoms with van der Waals surface area (Å²) < 4.78 is 2.00. The monoisotopic (exact) mass is 332 g/mol. The van der Waals surface area contributed by atoms with Crippen molar-refractivity contribution in [3.05, 3.63) is 30.6 Å². The first kappa shape index (κ1) is 19.7. The van der Waals surface area contributed by atoms with E-state index in [4.69, 9.17) is 5.73 Å². The van der Waals surface area contributed by atoms with Crippen LogP contribution in [0.15, 0.2) is 30.6 Å². The topological polar surface area (TPSA) is 72.9 Å². The van der Waals surface area contributed by atoms with Crippen LogP contribution in [0, 0.1) is 0 Å². The summed E-state index contributed by atoms with van der Waals surface area (Å²) in [6.07, 6.45) is 3.04. The Morgan fingerprint density at radius 3 is 2.81 bits per heavy atom. The van der Waals surface area contributed by atoms with Gasteiger partial charge in [0.1, 0.15) is 0 Å². The van der Waals surface area contributed by atoms with Gasteiger partial charge in [-0.15, -0.1) is 24.8 Å². The molecule has 0 bridgehead atoms. The van der Waals surface area contributed by atoms with Crippen molar-refractivity contribution in [3.8, 4) is 0 Å². The minimum absolute atomic E-state index is 0. The highest BCUT2D eigenvalue weighted by atomic mass is 35.5. The van der Waals surface area contributed by atoms with Gasteiger partial charge in [-0.05, 0) is 25.5 Å². The van der Waals surface area contributed by atoms with Crippen LogP contribution in [0.3, 0.4) is 0 Å². The van der Waals surface area contributed by atoms with Gasteiger partial charge in [0.25, 0.3) is 0 Å². The second-order valence-electron chi connectivity index (χ2n) is 4.79. The Labute approximate surface area is 137 Å². The van der Waals surface area contributed by atoms with Gasteiger partial charge in [-0.3, -0.25) is 4.79 Å². The fourth-order valence-electron chi connectivity index (χ4n) is 1.94. The molecule has 1 atom stereocenters. The summed E-state index contributed by atoms with van der Waals surface area (Å²) in [4.78, 5) is 16.0. The molecule has 3 N–H and O–H groups in total. The first-order valence-electron chi connectivity index (χ1n) is 6.59. The van der Waals surface area contributed by atoms with E-state index in [-0.39, 0.29) is 36.8 Å². The van der Waals surface area contributed by atoms with E-state index in [1.165, 1.54) is 0 Å². The highest BCUT2D eigenvalue weighted by Gasteiger charge is 2.05. The largest absolute Gasteiger partial charge is 0.356 e. The molecule has 0 spiro atoms. The summed E-state index contributed by atoms with van der Waals surface area (Å²) >= 11 is 0. The maximum Gasteiger partial charge on any atom is 0.221 e. The predicted molar refractivity (Wildman–Crippen MR) is 90.1 cm³/mol. The summed E-state index contributed by atoms with van der Waals surface area (Å²) in [7, 11) is 0. The third kappa shape index (κ3) is 5.91. The average molecular weight is 333 g/mol. The van der Waals surface area contributed by atoms with Crippen molar-refractivity contribution in [2.24, 2.45) is 5.73 Å². The van der Waals surface area contributed by atoms with Gasteiger partial charge < -0.3 is 15.6 Å². The van der Waals surface area contributed by atoms with Crippen molar-refractivity contribution in [2.45, 2.75) is 32.4 Å². The molecule has 1 heterocycles. The lowest BCUT2D eigenvalue weighted by Crippen LogP contribution is -2.29. The molecule has 2 rings (SSSR count). The van der Waals surface area contributed by atoms with Gasteiger partial charge >= 0.3 is 0 Å². The van der Waals surface area contributed by atoms with Crippen LogP contribution < -0.4 is 11.1 Å². The number of carbonyl (C=O) groups excluding carboxylic acids is 1. The zero-order chi connectivity index (χ0) is 13.7. The third-order valence-corrected chi connectivity index (χ3v) is 3.03. The highest BCUT2D eigenvalue weighted by molar-refractivity contribution is 5.85. The van der Waals surface area contributed by atoms with Crippen molar-refractivity contribution in [3.63, 3.8) is 0 Å². The molecule has 0 aliphatic heterocycles. The average Bonchev–Trinajstić information content (AvgIpc) is 2.79. The van der Waals surface area contributed by atoms with E-state index in [0.717, 1.165) is 17.5 Å². The van der Waals surface area contributed by atoms with E-state index in [9.17, 15) is 4.79 Å². The number of para-hydroxylation sites is 2. The first-order valence-corrected chi connectivity index (χ1v) is 6.59. The molecular formula is C14H22Cl2N4O. The number of amides is 1. The van der Waals surface area contributed by atoms with Crippen LogP contribution >= 0.6 is 24.8 Å². The molecule has 118 valence electrons. The Bertz CT molecular complexity index is 557. The molecule has 5 nitrogen and oxygen atoms in total. The van der Waals surface area contributed by atoms with Gasteiger partial charge in [0, 0.05) is 25.6 Å². The summed E-state index contributed by atoms with van der Waals surface area (Å²) in [5, 5.41) is 2.87. The lowest BCUT2D eigenvalue weighted by molar-refractivity contribution is -0.121. The molecule has 0 aliphatic rings. The number of fused-ring (bicyclic) bond motifs is 1. The normalized spacial score (nSPS) is 11.3. The summed E-state index contributed by atoms with van der Waals surface area (Å²) in [6.45, 7) is 3.22. The van der Waals surface area contributed by atoms with Gasteiger partial charge in [-0.1, -0.05) is 12.1 Å². The fourth-order valence-corrected chi connectivity index (χ4v) is 1.94. The molecule has 0 fully saturated rings. The van der Waals surface area contributed by atoms with E-state index < -0.39 is 0 Å². The van der Waals surface area contributed by atoms with E-state index in [2.05, 4.69) is 10.3 Å². The van der Waals surface area contributed by atoms with E-state index in [0.29, 0.717) is 19.5 Å². The molecule has 0 saturated heterocycles. The number of imidazole rings is 1. The highest BCUT2D eigenvalue weighted by Crippen LogP contribution is 2.11. The van der Waals surface area contributed by atoms with Crippen LogP contribution in [0.1, 0.15) is 19.8 Å². The number of hydrogen-bond acceptors (Lipinski definition) is 3. The Morgan fingerprint density at radius 2 is 2.10 bits per heavy atom. The number of nitrogens with zero attached hydrogens (tertiary/aromatic N) is 2. The Morgan fingerprint density at radius 1 is 1.38 bits per heavy atom. The number of halogens is 2. The van der Waals surface area contributed by atoms with Gasteiger partial charge in [0.15, 0.2) is 0 Å². The lowest BCUT2D eigenvalue weighted by Gasteiger charge is -2.08. The van der Waals surface area contributed by atoms with E-state index >= 15 is 0 Å². The van der Waals surface area contributed by atoms with Crippen LogP contribution in [0.2, 0.25) is 0 Å². The fraction of sp³-hybridized carbons (Fsp3) is 0.429. The number of hydrogen-bond donors (Lipinski definition) is 2. The maximum absolute atomic E-state index is 11.7. The molecule has 0 radical (unpaired) electrons. The van der Waals surface area contributed by atoms with Crippen molar-refractivity contribution >= 4 is 41.8 Å². The van der Waals surface area contributed by atoms with Crippen LogP contribution in [0.25, 0.3) is 11.0 Å². The number of carbonyl (C=O) groups is 1. The summed E-state index contributed by atoms with van der Waals surface area (Å²) in [6, 6.07) is 8.03. The Balaban J connectivity index is 0.00000200. The SMILES string of the molecule is CC(N)CCNC(=O)CCn1cnc2ccccc21.Cl.Cl. The molecule has 1 aromatic heterocycles. The minimum atomic E-state index is 0. The number of aryl methyl sites for hydroxylation is 1. The Hall–Kier alpha value is -1.30. The number of nitrogens with one attached hydrogen (secondary N) is 1. The number of nitrogens with two attached hydrogens (primary N) is 1. The van der Waals surface area contributed by atoms with Crippen LogP contribution in [-0.2, 0) is 11.3 Å². The van der Waals surface area contributed by atoms with Crippen molar-refractivity contribution < 1.29 is 4.79 Å². The summed E-state index contributed by atoms with van der Waals surface area (Å²) in [5.74, 6) is 0.0541. The zero-order valence-electron chi connectivity index (χ0n) is 12.0. The second kappa shape index (κ2) is 9.60. The molecule has 7 heteroatoms. The molecule has 1 unspecified atom stereocenters. The van der Waals surface area contributed by atoms with Crippen molar-refractivity contribution in [1.29, 1.82) is 0 Å². The third-order valence-electron chi connectivity index (χ3n) is 3.03. The van der Waals surface area contributed by atoms with Crippen molar-refractivity contribution in [1.82, 2.24) is 14.9 Å². The van der Waals surface area contributed by atoms with Gasteiger partial charge in [-0.2, -0.15) is 0 Å². The molecule has 1 aromatic carbocycles. The van der Waals surface area contributed by atoms with Gasteiger partial charge in [0.2, 0.25) is 5.91 Å². The predicted octanol–water partition coefficient (Wildman–Crippen LogP) is 2.12. The van der Waals surface area contributed by atoms with E-state index in [1.54, 1.807) is 6.33 Å². The molecule has 1 amide bonds. The number of aromatic nitrogens is 2. The maximum atomic E-state index is 11.7. The van der Waals surface area contributed by atoms with Crippen molar-refractivity contribution in [2.75, 3.05) is 6.54 Å². The van der Waals surface area contributed by atoms with Gasteiger partial charge in [-0.25, -0.2) is 4.98 Å². The quantitative estimate of drug-likeness (QED) is 0.850. The second-order valence-corrected chi connectivity index (χ2v) is 4.79. The number of rotatable bonds is 6. The smallest absolute Gasteiger partial charge is 0.221 e. The Kier molecular flexibility index (Phi) is 9.01.